The van der Waals surface area contributed by atoms with Gasteiger partial charge in [-0.05, 0) is 24.6 Å². The molecule has 1 aliphatic heterocycles. The van der Waals surface area contributed by atoms with Gasteiger partial charge in [-0.2, -0.15) is 0 Å². The van der Waals surface area contributed by atoms with Crippen molar-refractivity contribution < 1.29 is 4.74 Å². The van der Waals surface area contributed by atoms with Crippen LogP contribution in [-0.4, -0.2) is 25.3 Å². The minimum atomic E-state index is -0.0825. The van der Waals surface area contributed by atoms with Crippen LogP contribution in [0.5, 0.6) is 0 Å². The largest absolute Gasteiger partial charge is 0.379 e. The van der Waals surface area contributed by atoms with Crippen molar-refractivity contribution in [3.8, 4) is 0 Å². The van der Waals surface area contributed by atoms with Crippen LogP contribution in [0.1, 0.15) is 6.42 Å². The Morgan fingerprint density at radius 1 is 1.53 bits per heavy atom. The zero-order valence-corrected chi connectivity index (χ0v) is 10.1. The lowest BCUT2D eigenvalue weighted by atomic mass is 9.98. The van der Waals surface area contributed by atoms with Gasteiger partial charge < -0.3 is 15.8 Å². The quantitative estimate of drug-likeness (QED) is 0.883. The Morgan fingerprint density at radius 2 is 2.40 bits per heavy atom. The van der Waals surface area contributed by atoms with Gasteiger partial charge in [0.25, 0.3) is 0 Å². The third kappa shape index (κ3) is 2.51. The van der Waals surface area contributed by atoms with Gasteiger partial charge in [0.2, 0.25) is 0 Å². The topological polar surface area (TPSA) is 47.3 Å². The average Bonchev–Trinajstić information content (AvgIpc) is 2.67. The molecule has 2 rings (SSSR count). The first-order chi connectivity index (χ1) is 7.24. The number of benzene rings is 1. The molecule has 1 saturated heterocycles. The Hall–Kier alpha value is -0.580. The highest BCUT2D eigenvalue weighted by atomic mass is 79.9. The summed E-state index contributed by atoms with van der Waals surface area (Å²) >= 11 is 3.45. The van der Waals surface area contributed by atoms with Crippen LogP contribution in [0.4, 0.5) is 5.69 Å². The summed E-state index contributed by atoms with van der Waals surface area (Å²) in [5, 5.41) is 3.46. The van der Waals surface area contributed by atoms with Crippen molar-refractivity contribution in [2.45, 2.75) is 12.0 Å². The molecule has 0 bridgehead atoms. The van der Waals surface area contributed by atoms with Crippen LogP contribution in [0.15, 0.2) is 28.7 Å². The highest BCUT2D eigenvalue weighted by Gasteiger charge is 2.33. The second-order valence-electron chi connectivity index (χ2n) is 3.92. The van der Waals surface area contributed by atoms with Gasteiger partial charge >= 0.3 is 0 Å². The molecule has 82 valence electrons. The molecule has 0 spiro atoms. The summed E-state index contributed by atoms with van der Waals surface area (Å²) in [6.07, 6.45) is 0.968. The zero-order chi connectivity index (χ0) is 10.7. The number of rotatable bonds is 3. The lowest BCUT2D eigenvalue weighted by molar-refractivity contribution is 0.183. The Balaban J connectivity index is 2.12. The van der Waals surface area contributed by atoms with E-state index in [1.165, 1.54) is 0 Å². The van der Waals surface area contributed by atoms with Crippen molar-refractivity contribution in [1.82, 2.24) is 0 Å². The molecule has 1 atom stereocenters. The molecule has 0 saturated carbocycles. The maximum atomic E-state index is 5.80. The molecule has 4 heteroatoms. The summed E-state index contributed by atoms with van der Waals surface area (Å²) in [4.78, 5) is 0. The molecule has 3 N–H and O–H groups in total. The van der Waals surface area contributed by atoms with Crippen LogP contribution in [0.2, 0.25) is 0 Å². The molecule has 1 aromatic rings. The number of hydrogen-bond acceptors (Lipinski definition) is 3. The van der Waals surface area contributed by atoms with Crippen molar-refractivity contribution in [3.63, 3.8) is 0 Å². The van der Waals surface area contributed by atoms with E-state index >= 15 is 0 Å². The van der Waals surface area contributed by atoms with Crippen molar-refractivity contribution in [3.05, 3.63) is 28.7 Å². The fourth-order valence-electron chi connectivity index (χ4n) is 1.79. The van der Waals surface area contributed by atoms with Crippen molar-refractivity contribution in [2.75, 3.05) is 25.1 Å². The molecule has 0 radical (unpaired) electrons. The first kappa shape index (κ1) is 10.9. The lowest BCUT2D eigenvalue weighted by Gasteiger charge is -2.28. The summed E-state index contributed by atoms with van der Waals surface area (Å²) in [5.74, 6) is 0. The van der Waals surface area contributed by atoms with Gasteiger partial charge in [0.15, 0.2) is 0 Å². The van der Waals surface area contributed by atoms with Crippen LogP contribution in [0, 0.1) is 0 Å². The monoisotopic (exact) mass is 270 g/mol. The molecule has 1 fully saturated rings. The van der Waals surface area contributed by atoms with Crippen LogP contribution in [-0.2, 0) is 4.74 Å². The van der Waals surface area contributed by atoms with Crippen LogP contribution < -0.4 is 11.1 Å². The summed E-state index contributed by atoms with van der Waals surface area (Å²) < 4.78 is 6.47. The van der Waals surface area contributed by atoms with Gasteiger partial charge in [0.1, 0.15) is 0 Å². The second-order valence-corrected chi connectivity index (χ2v) is 4.84. The zero-order valence-electron chi connectivity index (χ0n) is 8.50. The maximum Gasteiger partial charge on any atom is 0.0750 e. The summed E-state index contributed by atoms with van der Waals surface area (Å²) in [5.41, 5.74) is 6.80. The molecular formula is C11H15BrN2O. The highest BCUT2D eigenvalue weighted by molar-refractivity contribution is 9.10. The van der Waals surface area contributed by atoms with E-state index in [4.69, 9.17) is 10.5 Å². The molecule has 1 aromatic carbocycles. The van der Waals surface area contributed by atoms with Crippen LogP contribution >= 0.6 is 15.9 Å². The Morgan fingerprint density at radius 3 is 3.00 bits per heavy atom. The number of nitrogens with two attached hydrogens (primary N) is 1. The number of ether oxygens (including phenoxy) is 1. The van der Waals surface area contributed by atoms with Gasteiger partial charge in [-0.1, -0.05) is 22.0 Å². The summed E-state index contributed by atoms with van der Waals surface area (Å²) in [6, 6.07) is 8.11. The molecule has 1 aliphatic rings. The number of halogens is 1. The van der Waals surface area contributed by atoms with Crippen molar-refractivity contribution in [1.29, 1.82) is 0 Å². The van der Waals surface area contributed by atoms with E-state index in [1.54, 1.807) is 0 Å². The number of anilines is 1. The van der Waals surface area contributed by atoms with Gasteiger partial charge in [-0.3, -0.25) is 0 Å². The average molecular weight is 271 g/mol. The standard InChI is InChI=1S/C11H15BrN2O/c12-9-2-1-3-10(6-9)14-11(7-13)4-5-15-8-11/h1-3,6,14H,4-5,7-8,13H2. The first-order valence-electron chi connectivity index (χ1n) is 5.06. The number of nitrogens with one attached hydrogen (secondary N) is 1. The Kier molecular flexibility index (Phi) is 3.29. The molecule has 0 aromatic heterocycles. The third-order valence-corrected chi connectivity index (χ3v) is 3.22. The molecular weight excluding hydrogens is 256 g/mol. The van der Waals surface area contributed by atoms with Gasteiger partial charge in [0, 0.05) is 23.3 Å². The van der Waals surface area contributed by atoms with E-state index < -0.39 is 0 Å². The third-order valence-electron chi connectivity index (χ3n) is 2.73. The lowest BCUT2D eigenvalue weighted by Crippen LogP contribution is -2.46. The molecule has 0 amide bonds. The van der Waals surface area contributed by atoms with Gasteiger partial charge in [0.05, 0.1) is 12.1 Å². The van der Waals surface area contributed by atoms with Crippen LogP contribution in [0.25, 0.3) is 0 Å². The summed E-state index contributed by atoms with van der Waals surface area (Å²) in [7, 11) is 0. The fraction of sp³-hybridized carbons (Fsp3) is 0.455. The highest BCUT2D eigenvalue weighted by Crippen LogP contribution is 2.25. The Bertz CT molecular complexity index is 337. The normalized spacial score (nSPS) is 25.5. The Labute approximate surface area is 98.1 Å². The van der Waals surface area contributed by atoms with E-state index in [0.717, 1.165) is 23.2 Å². The molecule has 3 nitrogen and oxygen atoms in total. The van der Waals surface area contributed by atoms with E-state index in [2.05, 4.69) is 27.3 Å². The maximum absolute atomic E-state index is 5.80. The minimum Gasteiger partial charge on any atom is -0.379 e. The molecule has 1 heterocycles. The van der Waals surface area contributed by atoms with E-state index in [-0.39, 0.29) is 5.54 Å². The van der Waals surface area contributed by atoms with Crippen LogP contribution in [0.3, 0.4) is 0 Å². The first-order valence-corrected chi connectivity index (χ1v) is 5.85. The van der Waals surface area contributed by atoms with Gasteiger partial charge in [-0.25, -0.2) is 0 Å². The molecule has 15 heavy (non-hydrogen) atoms. The van der Waals surface area contributed by atoms with E-state index in [1.807, 2.05) is 18.2 Å². The minimum absolute atomic E-state index is 0.0825. The van der Waals surface area contributed by atoms with E-state index in [9.17, 15) is 0 Å². The fourth-order valence-corrected chi connectivity index (χ4v) is 2.19. The molecule has 1 unspecified atom stereocenters. The second kappa shape index (κ2) is 4.51. The van der Waals surface area contributed by atoms with Gasteiger partial charge in [-0.15, -0.1) is 0 Å². The molecule has 0 aliphatic carbocycles. The predicted molar refractivity (Wildman–Crippen MR) is 65.0 cm³/mol. The number of hydrogen-bond donors (Lipinski definition) is 2. The smallest absolute Gasteiger partial charge is 0.0750 e. The predicted octanol–water partition coefficient (Wildman–Crippen LogP) is 1.98. The summed E-state index contributed by atoms with van der Waals surface area (Å²) in [6.45, 7) is 2.08. The van der Waals surface area contributed by atoms with Crippen molar-refractivity contribution >= 4 is 21.6 Å². The van der Waals surface area contributed by atoms with E-state index in [0.29, 0.717) is 13.2 Å². The van der Waals surface area contributed by atoms with Crippen molar-refractivity contribution in [2.24, 2.45) is 5.73 Å². The SMILES string of the molecule is NCC1(Nc2cccc(Br)c2)CCOC1.